The number of benzene rings is 2. The topological polar surface area (TPSA) is 75.9 Å². The third-order valence-electron chi connectivity index (χ3n) is 5.35. The molecule has 0 unspecified atom stereocenters. The summed E-state index contributed by atoms with van der Waals surface area (Å²) in [5, 5.41) is 19.4. The van der Waals surface area contributed by atoms with Crippen molar-refractivity contribution in [2.75, 3.05) is 5.32 Å². The van der Waals surface area contributed by atoms with E-state index >= 15 is 0 Å². The van der Waals surface area contributed by atoms with E-state index in [2.05, 4.69) is 24.3 Å². The predicted molar refractivity (Wildman–Crippen MR) is 121 cm³/mol. The highest BCUT2D eigenvalue weighted by molar-refractivity contribution is 5.91. The summed E-state index contributed by atoms with van der Waals surface area (Å²) in [5.41, 5.74) is 3.39. The van der Waals surface area contributed by atoms with Crippen molar-refractivity contribution < 1.29 is 5.11 Å². The predicted octanol–water partition coefficient (Wildman–Crippen LogP) is 5.39. The molecule has 1 atom stereocenters. The average molecular weight is 402 g/mol. The monoisotopic (exact) mass is 401 g/mol. The van der Waals surface area contributed by atoms with Crippen LogP contribution in [-0.2, 0) is 7.05 Å². The van der Waals surface area contributed by atoms with Crippen LogP contribution in [0.15, 0.2) is 54.9 Å². The van der Waals surface area contributed by atoms with Crippen molar-refractivity contribution in [2.24, 2.45) is 7.05 Å². The van der Waals surface area contributed by atoms with Crippen LogP contribution in [0.2, 0.25) is 0 Å². The Morgan fingerprint density at radius 2 is 1.90 bits per heavy atom. The molecule has 2 aromatic carbocycles. The number of phenols is 1. The molecule has 30 heavy (non-hydrogen) atoms. The maximum Gasteiger partial charge on any atom is 0.165 e. The number of aromatic nitrogens is 4. The van der Waals surface area contributed by atoms with Crippen LogP contribution in [-0.4, -0.2) is 30.9 Å². The van der Waals surface area contributed by atoms with Crippen LogP contribution in [0.3, 0.4) is 0 Å². The first-order valence-electron chi connectivity index (χ1n) is 10.4. The lowest BCUT2D eigenvalue weighted by molar-refractivity contribution is 0.477. The van der Waals surface area contributed by atoms with Crippen molar-refractivity contribution in [2.45, 2.75) is 39.2 Å². The summed E-state index contributed by atoms with van der Waals surface area (Å²) < 4.78 is 1.76. The fourth-order valence-electron chi connectivity index (χ4n) is 3.69. The molecule has 0 bridgehead atoms. The third kappa shape index (κ3) is 3.99. The van der Waals surface area contributed by atoms with Gasteiger partial charge < -0.3 is 10.4 Å². The lowest BCUT2D eigenvalue weighted by Gasteiger charge is -2.19. The zero-order chi connectivity index (χ0) is 21.1. The van der Waals surface area contributed by atoms with E-state index in [0.29, 0.717) is 17.4 Å². The Bertz CT molecular complexity index is 1170. The molecule has 6 heteroatoms. The van der Waals surface area contributed by atoms with Gasteiger partial charge in [-0.3, -0.25) is 4.68 Å². The first-order valence-corrected chi connectivity index (χ1v) is 10.4. The fraction of sp³-hybridized carbons (Fsp3) is 0.292. The van der Waals surface area contributed by atoms with Gasteiger partial charge in [-0.2, -0.15) is 5.10 Å². The van der Waals surface area contributed by atoms with Gasteiger partial charge in [0.05, 0.1) is 17.3 Å². The SMILES string of the molecule is CCC[C@@H](CC)Nc1nc(-c2cc(-c3cnn(C)c3)ccc2O)nc2ccccc12. The van der Waals surface area contributed by atoms with Gasteiger partial charge in [0.1, 0.15) is 11.6 Å². The number of nitrogens with zero attached hydrogens (tertiary/aromatic N) is 4. The van der Waals surface area contributed by atoms with E-state index < -0.39 is 0 Å². The minimum absolute atomic E-state index is 0.157. The van der Waals surface area contributed by atoms with Crippen molar-refractivity contribution in [1.82, 2.24) is 19.7 Å². The summed E-state index contributed by atoms with van der Waals surface area (Å²) in [5.74, 6) is 1.47. The van der Waals surface area contributed by atoms with Gasteiger partial charge in [0, 0.05) is 30.2 Å². The maximum atomic E-state index is 10.6. The molecule has 4 aromatic rings. The minimum atomic E-state index is 0.157. The second-order valence-corrected chi connectivity index (χ2v) is 7.59. The van der Waals surface area contributed by atoms with Crippen LogP contribution >= 0.6 is 0 Å². The standard InChI is InChI=1S/C24H27N5O/c1-4-8-18(5-2)26-23-19-9-6-7-10-21(19)27-24(28-23)20-13-16(11-12-22(20)30)17-14-25-29(3)15-17/h6-7,9-15,18,30H,4-5,8H2,1-3H3,(H,26,27,28)/t18-/m1/s1. The van der Waals surface area contributed by atoms with Crippen LogP contribution in [0.4, 0.5) is 5.82 Å². The van der Waals surface area contributed by atoms with Gasteiger partial charge >= 0.3 is 0 Å². The molecular formula is C24H27N5O. The molecule has 0 saturated heterocycles. The number of phenolic OH excluding ortho intramolecular Hbond substituents is 1. The van der Waals surface area contributed by atoms with Gasteiger partial charge in [0.25, 0.3) is 0 Å². The zero-order valence-electron chi connectivity index (χ0n) is 17.6. The highest BCUT2D eigenvalue weighted by Gasteiger charge is 2.16. The molecule has 0 radical (unpaired) electrons. The van der Waals surface area contributed by atoms with Crippen LogP contribution in [0.5, 0.6) is 5.75 Å². The smallest absolute Gasteiger partial charge is 0.165 e. The van der Waals surface area contributed by atoms with Gasteiger partial charge in [-0.1, -0.05) is 38.5 Å². The number of hydrogen-bond acceptors (Lipinski definition) is 5. The highest BCUT2D eigenvalue weighted by atomic mass is 16.3. The second kappa shape index (κ2) is 8.53. The van der Waals surface area contributed by atoms with Gasteiger partial charge in [0.15, 0.2) is 5.82 Å². The number of aryl methyl sites for hydroxylation is 1. The number of hydrogen-bond donors (Lipinski definition) is 2. The molecule has 0 aliphatic heterocycles. The Kier molecular flexibility index (Phi) is 5.65. The van der Waals surface area contributed by atoms with Gasteiger partial charge in [-0.05, 0) is 42.7 Å². The summed E-state index contributed by atoms with van der Waals surface area (Å²) in [6.07, 6.45) is 6.95. The first-order chi connectivity index (χ1) is 14.6. The largest absolute Gasteiger partial charge is 0.507 e. The Balaban J connectivity index is 1.83. The summed E-state index contributed by atoms with van der Waals surface area (Å²) in [6, 6.07) is 13.8. The summed E-state index contributed by atoms with van der Waals surface area (Å²) >= 11 is 0. The van der Waals surface area contributed by atoms with E-state index in [4.69, 9.17) is 9.97 Å². The van der Waals surface area contributed by atoms with Crippen molar-refractivity contribution in [3.05, 3.63) is 54.9 Å². The molecule has 0 aliphatic rings. The van der Waals surface area contributed by atoms with Gasteiger partial charge in [0.2, 0.25) is 0 Å². The van der Waals surface area contributed by atoms with Gasteiger partial charge in [-0.25, -0.2) is 9.97 Å². The van der Waals surface area contributed by atoms with Crippen LogP contribution in [0.1, 0.15) is 33.1 Å². The molecule has 0 spiro atoms. The maximum absolute atomic E-state index is 10.6. The molecule has 2 N–H and O–H groups in total. The average Bonchev–Trinajstić information content (AvgIpc) is 3.20. The Hall–Kier alpha value is -3.41. The molecule has 2 heterocycles. The van der Waals surface area contributed by atoms with Crippen molar-refractivity contribution in [1.29, 1.82) is 0 Å². The number of nitrogens with one attached hydrogen (secondary N) is 1. The minimum Gasteiger partial charge on any atom is -0.507 e. The van der Waals surface area contributed by atoms with Crippen LogP contribution < -0.4 is 5.32 Å². The summed E-state index contributed by atoms with van der Waals surface area (Å²) in [4.78, 5) is 9.59. The highest BCUT2D eigenvalue weighted by Crippen LogP contribution is 2.34. The van der Waals surface area contributed by atoms with E-state index in [1.165, 1.54) is 0 Å². The third-order valence-corrected chi connectivity index (χ3v) is 5.35. The molecule has 6 nitrogen and oxygen atoms in total. The molecule has 154 valence electrons. The number of anilines is 1. The lowest BCUT2D eigenvalue weighted by Crippen LogP contribution is -2.19. The lowest BCUT2D eigenvalue weighted by atomic mass is 10.0. The van der Waals surface area contributed by atoms with E-state index in [0.717, 1.165) is 47.1 Å². The normalized spacial score (nSPS) is 12.2. The fourth-order valence-corrected chi connectivity index (χ4v) is 3.69. The Morgan fingerprint density at radius 1 is 1.07 bits per heavy atom. The first kappa shape index (κ1) is 19.9. The number of fused-ring (bicyclic) bond motifs is 1. The van der Waals surface area contributed by atoms with Gasteiger partial charge in [-0.15, -0.1) is 0 Å². The van der Waals surface area contributed by atoms with Crippen molar-refractivity contribution >= 4 is 16.7 Å². The number of aromatic hydroxyl groups is 1. The number of rotatable bonds is 7. The Labute approximate surface area is 176 Å². The molecule has 4 rings (SSSR count). The Morgan fingerprint density at radius 3 is 2.63 bits per heavy atom. The molecule has 0 amide bonds. The summed E-state index contributed by atoms with van der Waals surface area (Å²) in [6.45, 7) is 4.37. The van der Waals surface area contributed by atoms with Crippen LogP contribution in [0, 0.1) is 0 Å². The zero-order valence-corrected chi connectivity index (χ0v) is 17.6. The second-order valence-electron chi connectivity index (χ2n) is 7.59. The van der Waals surface area contributed by atoms with E-state index in [1.807, 2.05) is 49.6 Å². The molecular weight excluding hydrogens is 374 g/mol. The molecule has 0 aliphatic carbocycles. The van der Waals surface area contributed by atoms with Crippen molar-refractivity contribution in [3.63, 3.8) is 0 Å². The van der Waals surface area contributed by atoms with E-state index in [-0.39, 0.29) is 5.75 Å². The van der Waals surface area contributed by atoms with Crippen molar-refractivity contribution in [3.8, 4) is 28.3 Å². The molecule has 2 aromatic heterocycles. The molecule has 0 fully saturated rings. The molecule has 0 saturated carbocycles. The van der Waals surface area contributed by atoms with Crippen LogP contribution in [0.25, 0.3) is 33.4 Å². The summed E-state index contributed by atoms with van der Waals surface area (Å²) in [7, 11) is 1.88. The quantitative estimate of drug-likeness (QED) is 0.434. The van der Waals surface area contributed by atoms with E-state index in [9.17, 15) is 5.11 Å². The number of para-hydroxylation sites is 1. The van der Waals surface area contributed by atoms with E-state index in [1.54, 1.807) is 16.9 Å².